The third kappa shape index (κ3) is 7.18. The molecule has 0 aromatic heterocycles. The van der Waals surface area contributed by atoms with E-state index in [1.165, 1.54) is 6.08 Å². The van der Waals surface area contributed by atoms with Crippen molar-refractivity contribution in [2.24, 2.45) is 0 Å². The van der Waals surface area contributed by atoms with E-state index in [1.54, 1.807) is 19.1 Å². The molecule has 0 saturated carbocycles. The van der Waals surface area contributed by atoms with Gasteiger partial charge in [0.15, 0.2) is 6.61 Å². The lowest BCUT2D eigenvalue weighted by molar-refractivity contribution is -0.145. The summed E-state index contributed by atoms with van der Waals surface area (Å²) >= 11 is 5.46. The van der Waals surface area contributed by atoms with Gasteiger partial charge in [0, 0.05) is 6.54 Å². The van der Waals surface area contributed by atoms with Gasteiger partial charge >= 0.3 is 5.97 Å². The predicted molar refractivity (Wildman–Crippen MR) is 121 cm³/mol. The smallest absolute Gasteiger partial charge is 0.344 e. The second-order valence-electron chi connectivity index (χ2n) is 5.75. The van der Waals surface area contributed by atoms with Crippen LogP contribution < -0.4 is 10.1 Å². The summed E-state index contributed by atoms with van der Waals surface area (Å²) in [5.74, 6) is -0.422. The highest BCUT2D eigenvalue weighted by atomic mass is 127. The molecular formula is C21H18BrIN2O4. The van der Waals surface area contributed by atoms with Crippen LogP contribution in [0.25, 0.3) is 6.08 Å². The maximum atomic E-state index is 12.3. The zero-order chi connectivity index (χ0) is 21.2. The standard InChI is InChI=1S/C21H18BrIN2O4/c1-2-28-19(26)13-29-20-17(22)9-15(10-18(20)23)8-16(11-24)21(27)25-12-14-6-4-3-5-7-14/h3-10H,2,12-13H2,1H3,(H,25,27)/b16-8-. The van der Waals surface area contributed by atoms with Gasteiger partial charge in [0.05, 0.1) is 14.6 Å². The number of esters is 1. The van der Waals surface area contributed by atoms with Crippen LogP contribution in [0.3, 0.4) is 0 Å². The Hall–Kier alpha value is -2.38. The number of ether oxygens (including phenoxy) is 2. The van der Waals surface area contributed by atoms with Crippen molar-refractivity contribution in [2.75, 3.05) is 13.2 Å². The maximum Gasteiger partial charge on any atom is 0.344 e. The molecule has 8 heteroatoms. The number of nitrogens with one attached hydrogen (secondary N) is 1. The van der Waals surface area contributed by atoms with Gasteiger partial charge < -0.3 is 14.8 Å². The molecule has 0 spiro atoms. The zero-order valence-electron chi connectivity index (χ0n) is 15.6. The van der Waals surface area contributed by atoms with E-state index < -0.39 is 11.9 Å². The molecule has 0 aliphatic rings. The number of amides is 1. The van der Waals surface area contributed by atoms with Gasteiger partial charge in [0.1, 0.15) is 17.4 Å². The second kappa shape index (κ2) is 11.6. The topological polar surface area (TPSA) is 88.4 Å². The Morgan fingerprint density at radius 3 is 2.62 bits per heavy atom. The highest BCUT2D eigenvalue weighted by molar-refractivity contribution is 14.1. The van der Waals surface area contributed by atoms with Crippen LogP contribution in [0.5, 0.6) is 5.75 Å². The minimum atomic E-state index is -0.457. The summed E-state index contributed by atoms with van der Waals surface area (Å²) in [6.45, 7) is 2.14. The highest BCUT2D eigenvalue weighted by Crippen LogP contribution is 2.32. The van der Waals surface area contributed by atoms with Gasteiger partial charge in [-0.05, 0) is 74.8 Å². The molecule has 0 unspecified atom stereocenters. The van der Waals surface area contributed by atoms with Crippen molar-refractivity contribution < 1.29 is 19.1 Å². The average molecular weight is 569 g/mol. The molecule has 0 heterocycles. The van der Waals surface area contributed by atoms with Gasteiger partial charge in [-0.1, -0.05) is 30.3 Å². The van der Waals surface area contributed by atoms with Crippen LogP contribution in [0.15, 0.2) is 52.5 Å². The molecule has 1 amide bonds. The Balaban J connectivity index is 2.11. The number of nitrogens with zero attached hydrogens (tertiary/aromatic N) is 1. The molecule has 2 aromatic rings. The van der Waals surface area contributed by atoms with E-state index in [9.17, 15) is 14.9 Å². The summed E-state index contributed by atoms with van der Waals surface area (Å²) in [7, 11) is 0. The Morgan fingerprint density at radius 1 is 1.28 bits per heavy atom. The molecule has 0 aliphatic heterocycles. The van der Waals surface area contributed by atoms with Crippen molar-refractivity contribution in [3.63, 3.8) is 0 Å². The minimum absolute atomic E-state index is 0.0103. The quantitative estimate of drug-likeness (QED) is 0.223. The van der Waals surface area contributed by atoms with Crippen molar-refractivity contribution in [2.45, 2.75) is 13.5 Å². The Morgan fingerprint density at radius 2 is 2.00 bits per heavy atom. The number of carbonyl (C=O) groups is 2. The Labute approximate surface area is 191 Å². The zero-order valence-corrected chi connectivity index (χ0v) is 19.3. The van der Waals surface area contributed by atoms with Crippen molar-refractivity contribution in [1.29, 1.82) is 5.26 Å². The summed E-state index contributed by atoms with van der Waals surface area (Å²) in [4.78, 5) is 23.8. The van der Waals surface area contributed by atoms with Crippen molar-refractivity contribution in [1.82, 2.24) is 5.32 Å². The third-order valence-electron chi connectivity index (χ3n) is 3.63. The van der Waals surface area contributed by atoms with Gasteiger partial charge in [-0.15, -0.1) is 0 Å². The number of benzene rings is 2. The van der Waals surface area contributed by atoms with Crippen molar-refractivity contribution in [3.8, 4) is 11.8 Å². The van der Waals surface area contributed by atoms with Gasteiger partial charge in [-0.3, -0.25) is 4.79 Å². The summed E-state index contributed by atoms with van der Waals surface area (Å²) in [5, 5.41) is 12.1. The molecular weight excluding hydrogens is 551 g/mol. The Bertz CT molecular complexity index is 932. The van der Waals surface area contributed by atoms with Crippen LogP contribution in [0.1, 0.15) is 18.1 Å². The van der Waals surface area contributed by atoms with Crippen LogP contribution in [0.2, 0.25) is 0 Å². The van der Waals surface area contributed by atoms with Crippen LogP contribution in [0, 0.1) is 14.9 Å². The van der Waals surface area contributed by atoms with E-state index in [2.05, 4.69) is 43.8 Å². The van der Waals surface area contributed by atoms with E-state index in [0.717, 1.165) is 9.13 Å². The number of nitriles is 1. The summed E-state index contributed by atoms with van der Waals surface area (Å²) < 4.78 is 11.7. The van der Waals surface area contributed by atoms with E-state index in [0.29, 0.717) is 22.3 Å². The number of rotatable bonds is 8. The molecule has 0 atom stereocenters. The Kier molecular flexibility index (Phi) is 9.15. The fourth-order valence-corrected chi connectivity index (χ4v) is 4.09. The molecule has 2 aromatic carbocycles. The van der Waals surface area contributed by atoms with Crippen LogP contribution in [-0.4, -0.2) is 25.1 Å². The normalized spacial score (nSPS) is 10.8. The van der Waals surface area contributed by atoms with Crippen LogP contribution in [0.4, 0.5) is 0 Å². The summed E-state index contributed by atoms with van der Waals surface area (Å²) in [6.07, 6.45) is 1.50. The first-order valence-electron chi connectivity index (χ1n) is 8.66. The molecule has 6 nitrogen and oxygen atoms in total. The van der Waals surface area contributed by atoms with E-state index in [-0.39, 0.29) is 18.8 Å². The van der Waals surface area contributed by atoms with E-state index in [4.69, 9.17) is 9.47 Å². The number of hydrogen-bond donors (Lipinski definition) is 1. The molecule has 150 valence electrons. The van der Waals surface area contributed by atoms with E-state index >= 15 is 0 Å². The maximum absolute atomic E-state index is 12.3. The highest BCUT2D eigenvalue weighted by Gasteiger charge is 2.13. The molecule has 0 fully saturated rings. The fourth-order valence-electron chi connectivity index (χ4n) is 2.32. The lowest BCUT2D eigenvalue weighted by Gasteiger charge is -2.11. The van der Waals surface area contributed by atoms with Gasteiger partial charge in [0.25, 0.3) is 5.91 Å². The second-order valence-corrected chi connectivity index (χ2v) is 7.76. The van der Waals surface area contributed by atoms with E-state index in [1.807, 2.05) is 36.4 Å². The third-order valence-corrected chi connectivity index (χ3v) is 5.02. The summed E-state index contributed by atoms with van der Waals surface area (Å²) in [5.41, 5.74) is 1.58. The van der Waals surface area contributed by atoms with Crippen LogP contribution in [-0.2, 0) is 20.9 Å². The number of hydrogen-bond acceptors (Lipinski definition) is 5. The number of halogens is 2. The van der Waals surface area contributed by atoms with Gasteiger partial charge in [0.2, 0.25) is 0 Å². The molecule has 2 rings (SSSR count). The minimum Gasteiger partial charge on any atom is -0.480 e. The van der Waals surface area contributed by atoms with Crippen molar-refractivity contribution in [3.05, 3.63) is 67.2 Å². The average Bonchev–Trinajstić information content (AvgIpc) is 2.70. The van der Waals surface area contributed by atoms with Crippen molar-refractivity contribution >= 4 is 56.5 Å². The molecule has 0 aliphatic carbocycles. The lowest BCUT2D eigenvalue weighted by Crippen LogP contribution is -2.23. The first-order chi connectivity index (χ1) is 13.9. The number of carbonyl (C=O) groups excluding carboxylic acids is 2. The molecule has 1 N–H and O–H groups in total. The predicted octanol–water partition coefficient (Wildman–Crippen LogP) is 4.22. The fraction of sp³-hybridized carbons (Fsp3) is 0.190. The lowest BCUT2D eigenvalue weighted by atomic mass is 10.1. The largest absolute Gasteiger partial charge is 0.480 e. The SMILES string of the molecule is CCOC(=O)COc1c(Br)cc(/C=C(/C#N)C(=O)NCc2ccccc2)cc1I. The molecule has 0 saturated heterocycles. The molecule has 29 heavy (non-hydrogen) atoms. The molecule has 0 radical (unpaired) electrons. The first kappa shape index (κ1) is 22.9. The van der Waals surface area contributed by atoms with Crippen LogP contribution >= 0.6 is 38.5 Å². The van der Waals surface area contributed by atoms with Gasteiger partial charge in [-0.25, -0.2) is 4.79 Å². The molecule has 0 bridgehead atoms. The summed E-state index contributed by atoms with van der Waals surface area (Å²) in [6, 6.07) is 14.8. The van der Waals surface area contributed by atoms with Gasteiger partial charge in [-0.2, -0.15) is 5.26 Å². The monoisotopic (exact) mass is 568 g/mol. The first-order valence-corrected chi connectivity index (χ1v) is 10.5.